The van der Waals surface area contributed by atoms with Gasteiger partial charge in [-0.3, -0.25) is 4.79 Å². The Morgan fingerprint density at radius 1 is 1.23 bits per heavy atom. The van der Waals surface area contributed by atoms with Crippen molar-refractivity contribution in [3.05, 3.63) is 42.5 Å². The third-order valence-corrected chi connectivity index (χ3v) is 3.77. The minimum Gasteiger partial charge on any atom is -0.483 e. The highest BCUT2D eigenvalue weighted by molar-refractivity contribution is 5.88. The molecule has 5 heteroatoms. The lowest BCUT2D eigenvalue weighted by molar-refractivity contribution is -0.123. The summed E-state index contributed by atoms with van der Waals surface area (Å²) in [6, 6.07) is 14.1. The lowest BCUT2D eigenvalue weighted by Gasteiger charge is -2.23. The number of nitrogens with one attached hydrogen (secondary N) is 2. The van der Waals surface area contributed by atoms with Crippen molar-refractivity contribution >= 4 is 29.1 Å². The van der Waals surface area contributed by atoms with Gasteiger partial charge in [-0.1, -0.05) is 36.4 Å². The lowest BCUT2D eigenvalue weighted by Crippen LogP contribution is -2.46. The molecule has 1 saturated heterocycles. The van der Waals surface area contributed by atoms with Gasteiger partial charge in [-0.2, -0.15) is 0 Å². The predicted octanol–water partition coefficient (Wildman–Crippen LogP) is 2.51. The summed E-state index contributed by atoms with van der Waals surface area (Å²) in [5.41, 5.74) is 0. The van der Waals surface area contributed by atoms with Crippen LogP contribution in [0, 0.1) is 0 Å². The van der Waals surface area contributed by atoms with Crippen molar-refractivity contribution in [2.75, 3.05) is 19.7 Å². The van der Waals surface area contributed by atoms with E-state index >= 15 is 0 Å². The zero-order chi connectivity index (χ0) is 14.5. The molecule has 1 aliphatic heterocycles. The van der Waals surface area contributed by atoms with Crippen molar-refractivity contribution in [1.82, 2.24) is 10.6 Å². The number of benzene rings is 2. The third-order valence-electron chi connectivity index (χ3n) is 3.77. The Kier molecular flexibility index (Phi) is 6.04. The number of carbonyl (C=O) groups is 1. The summed E-state index contributed by atoms with van der Waals surface area (Å²) in [6.45, 7) is 1.95. The monoisotopic (exact) mass is 320 g/mol. The maximum absolute atomic E-state index is 12.0. The molecule has 0 unspecified atom stereocenters. The first-order chi connectivity index (χ1) is 10.3. The number of amides is 1. The first-order valence-electron chi connectivity index (χ1n) is 7.43. The number of ether oxygens (including phenoxy) is 1. The van der Waals surface area contributed by atoms with Gasteiger partial charge < -0.3 is 15.4 Å². The number of halogens is 1. The van der Waals surface area contributed by atoms with E-state index in [-0.39, 0.29) is 31.0 Å². The van der Waals surface area contributed by atoms with Gasteiger partial charge in [0.25, 0.3) is 5.91 Å². The van der Waals surface area contributed by atoms with Crippen LogP contribution in [0.25, 0.3) is 10.8 Å². The molecule has 2 aromatic carbocycles. The fourth-order valence-corrected chi connectivity index (χ4v) is 2.71. The normalized spacial score (nSPS) is 17.5. The molecule has 1 aliphatic rings. The highest BCUT2D eigenvalue weighted by Crippen LogP contribution is 2.24. The Morgan fingerprint density at radius 3 is 2.86 bits per heavy atom. The Balaban J connectivity index is 0.00000176. The smallest absolute Gasteiger partial charge is 0.258 e. The van der Waals surface area contributed by atoms with Crippen molar-refractivity contribution in [3.8, 4) is 5.75 Å². The quantitative estimate of drug-likeness (QED) is 0.910. The largest absolute Gasteiger partial charge is 0.483 e. The van der Waals surface area contributed by atoms with E-state index in [4.69, 9.17) is 4.74 Å². The van der Waals surface area contributed by atoms with Crippen molar-refractivity contribution < 1.29 is 9.53 Å². The molecule has 0 radical (unpaired) electrons. The van der Waals surface area contributed by atoms with Gasteiger partial charge >= 0.3 is 0 Å². The van der Waals surface area contributed by atoms with E-state index in [1.807, 2.05) is 42.5 Å². The average molecular weight is 321 g/mol. The second-order valence-electron chi connectivity index (χ2n) is 5.38. The topological polar surface area (TPSA) is 50.4 Å². The SMILES string of the molecule is Cl.O=C(COc1cccc2ccccc12)N[C@H]1CCCNC1. The molecular formula is C17H21ClN2O2. The average Bonchev–Trinajstić information content (AvgIpc) is 2.54. The molecule has 0 spiro atoms. The van der Waals surface area contributed by atoms with Crippen molar-refractivity contribution in [1.29, 1.82) is 0 Å². The van der Waals surface area contributed by atoms with E-state index in [0.29, 0.717) is 0 Å². The summed E-state index contributed by atoms with van der Waals surface area (Å²) >= 11 is 0. The van der Waals surface area contributed by atoms with Crippen LogP contribution in [0.4, 0.5) is 0 Å². The minimum absolute atomic E-state index is 0. The number of carbonyl (C=O) groups excluding carboxylic acids is 1. The van der Waals surface area contributed by atoms with Crippen molar-refractivity contribution in [2.24, 2.45) is 0 Å². The molecule has 3 rings (SSSR count). The fraction of sp³-hybridized carbons (Fsp3) is 0.353. The molecule has 0 saturated carbocycles. The Hall–Kier alpha value is -1.78. The molecular weight excluding hydrogens is 300 g/mol. The molecule has 2 N–H and O–H groups in total. The van der Waals surface area contributed by atoms with Gasteiger partial charge in [0.1, 0.15) is 5.75 Å². The predicted molar refractivity (Wildman–Crippen MR) is 90.7 cm³/mol. The summed E-state index contributed by atoms with van der Waals surface area (Å²) < 4.78 is 5.69. The summed E-state index contributed by atoms with van der Waals surface area (Å²) in [6.07, 6.45) is 2.14. The first-order valence-corrected chi connectivity index (χ1v) is 7.43. The van der Waals surface area contributed by atoms with E-state index in [1.165, 1.54) is 0 Å². The standard InChI is InChI=1S/C17H20N2O2.ClH/c20-17(19-14-7-4-10-18-11-14)12-21-16-9-3-6-13-5-1-2-8-15(13)16;/h1-3,5-6,8-9,14,18H,4,7,10-12H2,(H,19,20);1H/t14-;/m0./s1. The Bertz CT molecular complexity index is 622. The van der Waals surface area contributed by atoms with Gasteiger partial charge in [0.05, 0.1) is 0 Å². The van der Waals surface area contributed by atoms with Crippen molar-refractivity contribution in [2.45, 2.75) is 18.9 Å². The molecule has 0 aromatic heterocycles. The van der Waals surface area contributed by atoms with E-state index in [0.717, 1.165) is 42.5 Å². The maximum atomic E-state index is 12.0. The molecule has 22 heavy (non-hydrogen) atoms. The molecule has 118 valence electrons. The van der Waals surface area contributed by atoms with Crippen LogP contribution in [0.5, 0.6) is 5.75 Å². The highest BCUT2D eigenvalue weighted by atomic mass is 35.5. The first kappa shape index (κ1) is 16.6. The van der Waals surface area contributed by atoms with Gasteiger partial charge in [0.2, 0.25) is 0 Å². The van der Waals surface area contributed by atoms with Crippen LogP contribution in [0.1, 0.15) is 12.8 Å². The van der Waals surface area contributed by atoms with Crippen LogP contribution in [-0.4, -0.2) is 31.6 Å². The molecule has 0 aliphatic carbocycles. The zero-order valence-electron chi connectivity index (χ0n) is 12.4. The van der Waals surface area contributed by atoms with Crippen LogP contribution < -0.4 is 15.4 Å². The number of fused-ring (bicyclic) bond motifs is 1. The van der Waals surface area contributed by atoms with Gasteiger partial charge in [-0.05, 0) is 30.8 Å². The molecule has 4 nitrogen and oxygen atoms in total. The van der Waals surface area contributed by atoms with Crippen LogP contribution in [0.2, 0.25) is 0 Å². The minimum atomic E-state index is -0.0587. The highest BCUT2D eigenvalue weighted by Gasteiger charge is 2.15. The van der Waals surface area contributed by atoms with Gasteiger partial charge in [-0.15, -0.1) is 12.4 Å². The summed E-state index contributed by atoms with van der Waals surface area (Å²) in [4.78, 5) is 12.0. The second kappa shape index (κ2) is 8.01. The van der Waals surface area contributed by atoms with Crippen LogP contribution in [0.15, 0.2) is 42.5 Å². The van der Waals surface area contributed by atoms with Crippen LogP contribution in [-0.2, 0) is 4.79 Å². The van der Waals surface area contributed by atoms with Crippen LogP contribution in [0.3, 0.4) is 0 Å². The Morgan fingerprint density at radius 2 is 2.05 bits per heavy atom. The van der Waals surface area contributed by atoms with Gasteiger partial charge in [0.15, 0.2) is 6.61 Å². The summed E-state index contributed by atoms with van der Waals surface area (Å²) in [5, 5.41) is 8.45. The molecule has 1 fully saturated rings. The van der Waals surface area contributed by atoms with E-state index in [9.17, 15) is 4.79 Å². The van der Waals surface area contributed by atoms with Crippen molar-refractivity contribution in [3.63, 3.8) is 0 Å². The van der Waals surface area contributed by atoms with Gasteiger partial charge in [-0.25, -0.2) is 0 Å². The van der Waals surface area contributed by atoms with Crippen LogP contribution >= 0.6 is 12.4 Å². The summed E-state index contributed by atoms with van der Waals surface area (Å²) in [5.74, 6) is 0.696. The maximum Gasteiger partial charge on any atom is 0.258 e. The van der Waals surface area contributed by atoms with Gasteiger partial charge in [0, 0.05) is 18.0 Å². The number of hydrogen-bond donors (Lipinski definition) is 2. The molecule has 2 aromatic rings. The molecule has 0 bridgehead atoms. The molecule has 1 heterocycles. The second-order valence-corrected chi connectivity index (χ2v) is 5.38. The number of rotatable bonds is 4. The summed E-state index contributed by atoms with van der Waals surface area (Å²) in [7, 11) is 0. The zero-order valence-corrected chi connectivity index (χ0v) is 13.2. The van der Waals surface area contributed by atoms with E-state index in [1.54, 1.807) is 0 Å². The fourth-order valence-electron chi connectivity index (χ4n) is 2.71. The van der Waals surface area contributed by atoms with E-state index < -0.39 is 0 Å². The number of hydrogen-bond acceptors (Lipinski definition) is 3. The third kappa shape index (κ3) is 4.12. The molecule has 1 amide bonds. The Labute approximate surface area is 136 Å². The lowest BCUT2D eigenvalue weighted by atomic mass is 10.1. The van der Waals surface area contributed by atoms with E-state index in [2.05, 4.69) is 10.6 Å². The number of piperidine rings is 1. The molecule has 1 atom stereocenters.